The molecule has 4 heteroatoms. The predicted molar refractivity (Wildman–Crippen MR) is 70.7 cm³/mol. The second-order valence-corrected chi connectivity index (χ2v) is 4.83. The van der Waals surface area contributed by atoms with Crippen LogP contribution in [0, 0.1) is 5.92 Å². The first kappa shape index (κ1) is 12.9. The summed E-state index contributed by atoms with van der Waals surface area (Å²) in [4.78, 5) is 10.8. The Morgan fingerprint density at radius 1 is 1.28 bits per heavy atom. The molecule has 1 aromatic carbocycles. The fourth-order valence-electron chi connectivity index (χ4n) is 2.62. The zero-order valence-electron chi connectivity index (χ0n) is 10.4. The minimum atomic E-state index is -0.917. The van der Waals surface area contributed by atoms with E-state index in [9.17, 15) is 4.79 Å². The maximum atomic E-state index is 10.8. The summed E-state index contributed by atoms with van der Waals surface area (Å²) in [6.45, 7) is 1.85. The van der Waals surface area contributed by atoms with Gasteiger partial charge in [0.25, 0.3) is 0 Å². The number of carboxylic acid groups (broad SMARTS) is 1. The van der Waals surface area contributed by atoms with Crippen LogP contribution in [0.3, 0.4) is 0 Å². The van der Waals surface area contributed by atoms with Gasteiger partial charge in [0.05, 0.1) is 0 Å². The van der Waals surface area contributed by atoms with Crippen LogP contribution >= 0.6 is 0 Å². The summed E-state index contributed by atoms with van der Waals surface area (Å²) in [5, 5.41) is 14.9. The molecule has 0 bridgehead atoms. The average molecular weight is 248 g/mol. The number of rotatable bonds is 3. The summed E-state index contributed by atoms with van der Waals surface area (Å²) < 4.78 is 0. The summed E-state index contributed by atoms with van der Waals surface area (Å²) in [5.74, 6) is 0.374. The molecule has 0 aromatic heterocycles. The van der Waals surface area contributed by atoms with Gasteiger partial charge in [0.2, 0.25) is 0 Å². The molecule has 0 radical (unpaired) electrons. The van der Waals surface area contributed by atoms with Crippen molar-refractivity contribution in [1.82, 2.24) is 10.6 Å². The second kappa shape index (κ2) is 6.40. The summed E-state index contributed by atoms with van der Waals surface area (Å²) in [6, 6.07) is 10.3. The van der Waals surface area contributed by atoms with Gasteiger partial charge in [-0.1, -0.05) is 30.3 Å². The molecule has 1 amide bonds. The molecule has 1 fully saturated rings. The summed E-state index contributed by atoms with van der Waals surface area (Å²) in [7, 11) is 0. The molecule has 1 saturated heterocycles. The van der Waals surface area contributed by atoms with Crippen LogP contribution in [-0.2, 0) is 6.42 Å². The number of amides is 1. The molecular formula is C14H20N2O2. The zero-order chi connectivity index (χ0) is 12.8. The number of carbonyl (C=O) groups is 1. The number of nitrogens with one attached hydrogen (secondary N) is 2. The molecule has 1 heterocycles. The van der Waals surface area contributed by atoms with E-state index in [4.69, 9.17) is 5.11 Å². The van der Waals surface area contributed by atoms with Crippen molar-refractivity contribution in [3.05, 3.63) is 35.9 Å². The molecule has 18 heavy (non-hydrogen) atoms. The molecule has 4 nitrogen and oxygen atoms in total. The predicted octanol–water partition coefficient (Wildman–Crippen LogP) is 1.86. The van der Waals surface area contributed by atoms with Crippen LogP contribution < -0.4 is 10.6 Å². The molecule has 0 aliphatic carbocycles. The molecule has 0 saturated carbocycles. The second-order valence-electron chi connectivity index (χ2n) is 4.83. The Balaban J connectivity index is 2.03. The molecule has 1 aliphatic rings. The van der Waals surface area contributed by atoms with Gasteiger partial charge in [-0.3, -0.25) is 0 Å². The smallest absolute Gasteiger partial charge is 0.404 e. The van der Waals surface area contributed by atoms with Gasteiger partial charge in [-0.05, 0) is 43.8 Å². The third-order valence-corrected chi connectivity index (χ3v) is 3.54. The van der Waals surface area contributed by atoms with Gasteiger partial charge in [-0.25, -0.2) is 4.79 Å². The standard InChI is InChI=1S/C14H20N2O2/c17-14(18)16-13-7-9-15-8-6-12(13)10-11-4-2-1-3-5-11/h1-5,12-13,15-16H,6-10H2,(H,17,18). The molecule has 3 N–H and O–H groups in total. The van der Waals surface area contributed by atoms with Crippen molar-refractivity contribution < 1.29 is 9.90 Å². The molecule has 98 valence electrons. The fourth-order valence-corrected chi connectivity index (χ4v) is 2.62. The van der Waals surface area contributed by atoms with Crippen molar-refractivity contribution in [2.45, 2.75) is 25.3 Å². The lowest BCUT2D eigenvalue weighted by Gasteiger charge is -2.24. The van der Waals surface area contributed by atoms with Gasteiger partial charge in [0, 0.05) is 6.04 Å². The molecule has 2 rings (SSSR count). The molecule has 1 aliphatic heterocycles. The monoisotopic (exact) mass is 248 g/mol. The first-order valence-corrected chi connectivity index (χ1v) is 6.50. The van der Waals surface area contributed by atoms with Crippen LogP contribution in [-0.4, -0.2) is 30.3 Å². The summed E-state index contributed by atoms with van der Waals surface area (Å²) in [5.41, 5.74) is 1.28. The van der Waals surface area contributed by atoms with E-state index < -0.39 is 6.09 Å². The van der Waals surface area contributed by atoms with Crippen LogP contribution in [0.2, 0.25) is 0 Å². The third kappa shape index (κ3) is 3.74. The van der Waals surface area contributed by atoms with Gasteiger partial charge >= 0.3 is 6.09 Å². The fraction of sp³-hybridized carbons (Fsp3) is 0.500. The Hall–Kier alpha value is -1.55. The van der Waals surface area contributed by atoms with Crippen molar-refractivity contribution in [2.24, 2.45) is 5.92 Å². The van der Waals surface area contributed by atoms with Crippen LogP contribution in [0.25, 0.3) is 0 Å². The Morgan fingerprint density at radius 3 is 2.72 bits per heavy atom. The maximum Gasteiger partial charge on any atom is 0.404 e. The van der Waals surface area contributed by atoms with Crippen molar-refractivity contribution >= 4 is 6.09 Å². The quantitative estimate of drug-likeness (QED) is 0.765. The van der Waals surface area contributed by atoms with Crippen molar-refractivity contribution in [2.75, 3.05) is 13.1 Å². The normalized spacial score (nSPS) is 24.2. The molecule has 1 aromatic rings. The lowest BCUT2D eigenvalue weighted by molar-refractivity contribution is 0.183. The van der Waals surface area contributed by atoms with Crippen LogP contribution in [0.5, 0.6) is 0 Å². The first-order valence-electron chi connectivity index (χ1n) is 6.50. The zero-order valence-corrected chi connectivity index (χ0v) is 10.4. The van der Waals surface area contributed by atoms with E-state index in [-0.39, 0.29) is 6.04 Å². The lowest BCUT2D eigenvalue weighted by Crippen LogP contribution is -2.40. The highest BCUT2D eigenvalue weighted by atomic mass is 16.4. The van der Waals surface area contributed by atoms with Crippen LogP contribution in [0.15, 0.2) is 30.3 Å². The largest absolute Gasteiger partial charge is 0.465 e. The SMILES string of the molecule is O=C(O)NC1CCNCCC1Cc1ccccc1. The van der Waals surface area contributed by atoms with E-state index in [0.29, 0.717) is 5.92 Å². The molecule has 2 unspecified atom stereocenters. The Bertz CT molecular complexity index is 381. The van der Waals surface area contributed by atoms with E-state index in [1.807, 2.05) is 18.2 Å². The van der Waals surface area contributed by atoms with E-state index in [1.54, 1.807) is 0 Å². The van der Waals surface area contributed by atoms with Crippen LogP contribution in [0.4, 0.5) is 4.79 Å². The minimum absolute atomic E-state index is 0.0534. The highest BCUT2D eigenvalue weighted by Crippen LogP contribution is 2.20. The van der Waals surface area contributed by atoms with E-state index >= 15 is 0 Å². The van der Waals surface area contributed by atoms with E-state index in [0.717, 1.165) is 32.4 Å². The molecule has 0 spiro atoms. The minimum Gasteiger partial charge on any atom is -0.465 e. The number of hydrogen-bond acceptors (Lipinski definition) is 2. The maximum absolute atomic E-state index is 10.8. The Kier molecular flexibility index (Phi) is 4.59. The van der Waals surface area contributed by atoms with Crippen molar-refractivity contribution in [3.8, 4) is 0 Å². The van der Waals surface area contributed by atoms with Crippen molar-refractivity contribution in [1.29, 1.82) is 0 Å². The molecular weight excluding hydrogens is 228 g/mol. The Labute approximate surface area is 107 Å². The van der Waals surface area contributed by atoms with Gasteiger partial charge in [0.1, 0.15) is 0 Å². The van der Waals surface area contributed by atoms with E-state index in [2.05, 4.69) is 22.8 Å². The average Bonchev–Trinajstić information content (AvgIpc) is 2.56. The Morgan fingerprint density at radius 2 is 2.00 bits per heavy atom. The lowest BCUT2D eigenvalue weighted by atomic mass is 9.88. The van der Waals surface area contributed by atoms with Gasteiger partial charge < -0.3 is 15.7 Å². The highest BCUT2D eigenvalue weighted by Gasteiger charge is 2.24. The van der Waals surface area contributed by atoms with Crippen LogP contribution in [0.1, 0.15) is 18.4 Å². The first-order chi connectivity index (χ1) is 8.75. The third-order valence-electron chi connectivity index (χ3n) is 3.54. The van der Waals surface area contributed by atoms with Crippen molar-refractivity contribution in [3.63, 3.8) is 0 Å². The highest BCUT2D eigenvalue weighted by molar-refractivity contribution is 5.64. The van der Waals surface area contributed by atoms with Gasteiger partial charge in [-0.2, -0.15) is 0 Å². The van der Waals surface area contributed by atoms with E-state index in [1.165, 1.54) is 5.56 Å². The van der Waals surface area contributed by atoms with Gasteiger partial charge in [0.15, 0.2) is 0 Å². The number of hydrogen-bond donors (Lipinski definition) is 3. The molecule has 2 atom stereocenters. The van der Waals surface area contributed by atoms with Gasteiger partial charge in [-0.15, -0.1) is 0 Å². The summed E-state index contributed by atoms with van der Waals surface area (Å²) in [6.07, 6.45) is 1.90. The topological polar surface area (TPSA) is 61.4 Å². The number of benzene rings is 1. The summed E-state index contributed by atoms with van der Waals surface area (Å²) >= 11 is 0.